The van der Waals surface area contributed by atoms with Crippen LogP contribution in [0.3, 0.4) is 0 Å². The van der Waals surface area contributed by atoms with E-state index in [1.165, 1.54) is 0 Å². The molecule has 3 heterocycles. The minimum absolute atomic E-state index is 0.102. The van der Waals surface area contributed by atoms with Gasteiger partial charge in [0.1, 0.15) is 17.7 Å². The second-order valence-electron chi connectivity index (χ2n) is 7.61. The average molecular weight is 426 g/mol. The number of amides is 2. The maximum absolute atomic E-state index is 13.1. The van der Waals surface area contributed by atoms with Crippen LogP contribution in [0.5, 0.6) is 0 Å². The van der Waals surface area contributed by atoms with E-state index in [2.05, 4.69) is 20.4 Å². The number of carbonyl (C=O) groups is 1. The summed E-state index contributed by atoms with van der Waals surface area (Å²) in [6.07, 6.45) is 4.05. The standard InChI is InChI=1S/C22H24ClN5O2/c1-13-18(11-16-6-8-17(23)9-7-16)21(25-12-24-13)19-5-4-10-28(19)22(29)26-20-14(2)27-30-15(20)3/h6-9,12,19H,4-5,10-11H2,1-3H3,(H,26,29). The normalized spacial score (nSPS) is 16.1. The fourth-order valence-electron chi connectivity index (χ4n) is 3.97. The lowest BCUT2D eigenvalue weighted by Crippen LogP contribution is -2.35. The van der Waals surface area contributed by atoms with Crippen molar-refractivity contribution in [1.82, 2.24) is 20.0 Å². The molecule has 4 rings (SSSR count). The van der Waals surface area contributed by atoms with Crippen molar-refractivity contribution in [3.05, 3.63) is 69.6 Å². The van der Waals surface area contributed by atoms with Gasteiger partial charge in [0.15, 0.2) is 5.76 Å². The molecule has 0 aliphatic carbocycles. The fourth-order valence-corrected chi connectivity index (χ4v) is 4.09. The minimum atomic E-state index is -0.166. The third kappa shape index (κ3) is 4.03. The Morgan fingerprint density at radius 1 is 1.20 bits per heavy atom. The number of likely N-dealkylation sites (tertiary alicyclic amines) is 1. The third-order valence-electron chi connectivity index (χ3n) is 5.58. The number of hydrogen-bond acceptors (Lipinski definition) is 5. The van der Waals surface area contributed by atoms with Crippen molar-refractivity contribution in [2.24, 2.45) is 0 Å². The summed E-state index contributed by atoms with van der Waals surface area (Å²) in [4.78, 5) is 23.9. The van der Waals surface area contributed by atoms with Crippen LogP contribution in [0.25, 0.3) is 0 Å². The van der Waals surface area contributed by atoms with Crippen LogP contribution < -0.4 is 5.32 Å². The lowest BCUT2D eigenvalue weighted by Gasteiger charge is -2.26. The molecule has 1 saturated heterocycles. The van der Waals surface area contributed by atoms with Crippen molar-refractivity contribution < 1.29 is 9.32 Å². The number of rotatable bonds is 4. The van der Waals surface area contributed by atoms with E-state index >= 15 is 0 Å². The van der Waals surface area contributed by atoms with Gasteiger partial charge in [-0.2, -0.15) is 0 Å². The Bertz CT molecular complexity index is 1040. The molecule has 1 aliphatic heterocycles. The van der Waals surface area contributed by atoms with Gasteiger partial charge in [0.05, 0.1) is 11.7 Å². The van der Waals surface area contributed by atoms with Gasteiger partial charge in [0.2, 0.25) is 0 Å². The molecule has 1 fully saturated rings. The molecular weight excluding hydrogens is 402 g/mol. The molecule has 1 N–H and O–H groups in total. The molecule has 156 valence electrons. The smallest absolute Gasteiger partial charge is 0.322 e. The summed E-state index contributed by atoms with van der Waals surface area (Å²) in [5.74, 6) is 0.595. The van der Waals surface area contributed by atoms with Gasteiger partial charge in [-0.25, -0.2) is 14.8 Å². The molecule has 0 saturated carbocycles. The number of carbonyl (C=O) groups excluding carboxylic acids is 1. The Labute approximate surface area is 180 Å². The van der Waals surface area contributed by atoms with E-state index < -0.39 is 0 Å². The van der Waals surface area contributed by atoms with E-state index in [-0.39, 0.29) is 12.1 Å². The Hall–Kier alpha value is -2.93. The molecular formula is C22H24ClN5O2. The van der Waals surface area contributed by atoms with E-state index in [9.17, 15) is 4.79 Å². The van der Waals surface area contributed by atoms with Gasteiger partial charge in [-0.05, 0) is 51.3 Å². The van der Waals surface area contributed by atoms with Gasteiger partial charge >= 0.3 is 6.03 Å². The van der Waals surface area contributed by atoms with Crippen LogP contribution in [-0.2, 0) is 6.42 Å². The van der Waals surface area contributed by atoms with Crippen LogP contribution >= 0.6 is 11.6 Å². The first-order valence-corrected chi connectivity index (χ1v) is 10.4. The summed E-state index contributed by atoms with van der Waals surface area (Å²) in [6.45, 7) is 6.25. The van der Waals surface area contributed by atoms with E-state index in [4.69, 9.17) is 16.1 Å². The Morgan fingerprint density at radius 3 is 2.67 bits per heavy atom. The second kappa shape index (κ2) is 8.44. The van der Waals surface area contributed by atoms with Crippen LogP contribution in [-0.4, -0.2) is 32.6 Å². The number of hydrogen-bond donors (Lipinski definition) is 1. The van der Waals surface area contributed by atoms with Crippen molar-refractivity contribution in [3.63, 3.8) is 0 Å². The fraction of sp³-hybridized carbons (Fsp3) is 0.364. The van der Waals surface area contributed by atoms with Crippen molar-refractivity contribution >= 4 is 23.3 Å². The molecule has 0 radical (unpaired) electrons. The molecule has 7 nitrogen and oxygen atoms in total. The molecule has 30 heavy (non-hydrogen) atoms. The van der Waals surface area contributed by atoms with E-state index in [1.807, 2.05) is 43.0 Å². The molecule has 1 aromatic carbocycles. The van der Waals surface area contributed by atoms with Crippen molar-refractivity contribution in [3.8, 4) is 0 Å². The number of urea groups is 1. The first kappa shape index (κ1) is 20.3. The quantitative estimate of drug-likeness (QED) is 0.635. The molecule has 0 bridgehead atoms. The number of nitrogens with zero attached hydrogens (tertiary/aromatic N) is 4. The summed E-state index contributed by atoms with van der Waals surface area (Å²) < 4.78 is 5.17. The molecule has 8 heteroatoms. The summed E-state index contributed by atoms with van der Waals surface area (Å²) in [5.41, 5.74) is 5.31. The Balaban J connectivity index is 1.61. The van der Waals surface area contributed by atoms with Crippen LogP contribution in [0.15, 0.2) is 35.1 Å². The number of anilines is 1. The first-order chi connectivity index (χ1) is 14.4. The Morgan fingerprint density at radius 2 is 1.97 bits per heavy atom. The van der Waals surface area contributed by atoms with E-state index in [0.29, 0.717) is 35.1 Å². The lowest BCUT2D eigenvalue weighted by atomic mass is 9.97. The van der Waals surface area contributed by atoms with Gasteiger partial charge in [-0.1, -0.05) is 28.9 Å². The molecule has 0 spiro atoms. The predicted octanol–water partition coefficient (Wildman–Crippen LogP) is 5.00. The third-order valence-corrected chi connectivity index (χ3v) is 5.83. The minimum Gasteiger partial charge on any atom is -0.359 e. The topological polar surface area (TPSA) is 84.2 Å². The lowest BCUT2D eigenvalue weighted by molar-refractivity contribution is 0.205. The monoisotopic (exact) mass is 425 g/mol. The molecule has 2 aromatic heterocycles. The summed E-state index contributed by atoms with van der Waals surface area (Å²) in [6, 6.07) is 7.52. The molecule has 3 aromatic rings. The van der Waals surface area contributed by atoms with Crippen molar-refractivity contribution in [2.45, 2.75) is 46.1 Å². The van der Waals surface area contributed by atoms with Gasteiger partial charge in [-0.3, -0.25) is 0 Å². The largest absolute Gasteiger partial charge is 0.359 e. The number of nitrogens with one attached hydrogen (secondary N) is 1. The molecule has 1 unspecified atom stereocenters. The average Bonchev–Trinajstić information content (AvgIpc) is 3.33. The van der Waals surface area contributed by atoms with Crippen LogP contribution in [0.1, 0.15) is 52.9 Å². The summed E-state index contributed by atoms with van der Waals surface area (Å²) >= 11 is 6.03. The molecule has 1 atom stereocenters. The maximum Gasteiger partial charge on any atom is 0.322 e. The van der Waals surface area contributed by atoms with Gasteiger partial charge < -0.3 is 14.7 Å². The zero-order valence-electron chi connectivity index (χ0n) is 17.3. The second-order valence-corrected chi connectivity index (χ2v) is 8.04. The number of halogens is 1. The zero-order valence-corrected chi connectivity index (χ0v) is 18.0. The van der Waals surface area contributed by atoms with Gasteiger partial charge in [0, 0.05) is 29.2 Å². The predicted molar refractivity (Wildman–Crippen MR) is 115 cm³/mol. The highest BCUT2D eigenvalue weighted by atomic mass is 35.5. The highest BCUT2D eigenvalue weighted by Crippen LogP contribution is 2.35. The summed E-state index contributed by atoms with van der Waals surface area (Å²) in [7, 11) is 0. The van der Waals surface area contributed by atoms with E-state index in [0.717, 1.165) is 35.4 Å². The highest BCUT2D eigenvalue weighted by molar-refractivity contribution is 6.30. The SMILES string of the molecule is Cc1ncnc(C2CCCN2C(=O)Nc2c(C)noc2C)c1Cc1ccc(Cl)cc1. The summed E-state index contributed by atoms with van der Waals surface area (Å²) in [5, 5.41) is 7.58. The first-order valence-electron chi connectivity index (χ1n) is 9.99. The van der Waals surface area contributed by atoms with Crippen molar-refractivity contribution in [1.29, 1.82) is 0 Å². The van der Waals surface area contributed by atoms with E-state index in [1.54, 1.807) is 13.3 Å². The van der Waals surface area contributed by atoms with Gasteiger partial charge in [-0.15, -0.1) is 0 Å². The van der Waals surface area contributed by atoms with Crippen LogP contribution in [0.4, 0.5) is 10.5 Å². The number of aromatic nitrogens is 3. The highest BCUT2D eigenvalue weighted by Gasteiger charge is 2.33. The Kier molecular flexibility index (Phi) is 5.72. The maximum atomic E-state index is 13.1. The molecule has 2 amide bonds. The van der Waals surface area contributed by atoms with Crippen molar-refractivity contribution in [2.75, 3.05) is 11.9 Å². The number of benzene rings is 1. The van der Waals surface area contributed by atoms with Crippen LogP contribution in [0, 0.1) is 20.8 Å². The molecule has 1 aliphatic rings. The zero-order chi connectivity index (χ0) is 21.3. The number of aryl methyl sites for hydroxylation is 3. The van der Waals surface area contributed by atoms with Gasteiger partial charge in [0.25, 0.3) is 0 Å². The van der Waals surface area contributed by atoms with Crippen LogP contribution in [0.2, 0.25) is 5.02 Å².